The van der Waals surface area contributed by atoms with E-state index in [1.165, 1.54) is 30.4 Å². The molecule has 0 atom stereocenters. The second kappa shape index (κ2) is 7.95. The fourth-order valence-electron chi connectivity index (χ4n) is 3.96. The van der Waals surface area contributed by atoms with Crippen molar-refractivity contribution in [3.63, 3.8) is 0 Å². The monoisotopic (exact) mass is 362 g/mol. The lowest BCUT2D eigenvalue weighted by Crippen LogP contribution is -2.19. The smallest absolute Gasteiger partial charge is 0.222 e. The second-order valence-corrected chi connectivity index (χ2v) is 7.85. The molecule has 0 bridgehead atoms. The first kappa shape index (κ1) is 19.2. The molecule has 2 N–H and O–H groups in total. The van der Waals surface area contributed by atoms with Crippen LogP contribution in [0, 0.1) is 5.41 Å². The quantitative estimate of drug-likeness (QED) is 0.735. The summed E-state index contributed by atoms with van der Waals surface area (Å²) in [7, 11) is 0. The standard InChI is InChI=1S/C23H30N4/c1-5-27(19-11-7-6-8-12-19)21-16-18(25-22(24)26-21)13-14-20-17(2)10-9-15-23(20,3)4/h6-8,11-14,16H,5,9-10,15H2,1-4H3,(H2,24,25,26)/b14-13+. The lowest BCUT2D eigenvalue weighted by molar-refractivity contribution is 0.377. The van der Waals surface area contributed by atoms with E-state index in [9.17, 15) is 0 Å². The molecular weight excluding hydrogens is 332 g/mol. The van der Waals surface area contributed by atoms with Crippen molar-refractivity contribution < 1.29 is 0 Å². The first-order valence-corrected chi connectivity index (χ1v) is 9.76. The Morgan fingerprint density at radius 3 is 2.56 bits per heavy atom. The highest BCUT2D eigenvalue weighted by molar-refractivity contribution is 5.64. The Kier molecular flexibility index (Phi) is 5.64. The van der Waals surface area contributed by atoms with Gasteiger partial charge in [0.1, 0.15) is 5.82 Å². The van der Waals surface area contributed by atoms with Crippen LogP contribution in [0.5, 0.6) is 0 Å². The molecular formula is C23H30N4. The number of nitrogen functional groups attached to an aromatic ring is 1. The Morgan fingerprint density at radius 2 is 1.89 bits per heavy atom. The van der Waals surface area contributed by atoms with Gasteiger partial charge in [0.25, 0.3) is 0 Å². The van der Waals surface area contributed by atoms with E-state index in [2.05, 4.69) is 66.8 Å². The zero-order valence-corrected chi connectivity index (χ0v) is 16.9. The summed E-state index contributed by atoms with van der Waals surface area (Å²) in [4.78, 5) is 11.0. The molecule has 3 rings (SSSR count). The molecule has 1 aliphatic carbocycles. The molecule has 0 spiro atoms. The van der Waals surface area contributed by atoms with Crippen molar-refractivity contribution >= 4 is 23.5 Å². The Hall–Kier alpha value is -2.62. The number of benzene rings is 1. The van der Waals surface area contributed by atoms with Crippen LogP contribution in [-0.2, 0) is 0 Å². The summed E-state index contributed by atoms with van der Waals surface area (Å²) in [5, 5.41) is 0. The van der Waals surface area contributed by atoms with Gasteiger partial charge in [-0.3, -0.25) is 0 Å². The third kappa shape index (κ3) is 4.38. The fourth-order valence-corrected chi connectivity index (χ4v) is 3.96. The van der Waals surface area contributed by atoms with Gasteiger partial charge in [-0.2, -0.15) is 4.98 Å². The van der Waals surface area contributed by atoms with Crippen LogP contribution in [-0.4, -0.2) is 16.5 Å². The molecule has 0 fully saturated rings. The summed E-state index contributed by atoms with van der Waals surface area (Å²) < 4.78 is 0. The van der Waals surface area contributed by atoms with Crippen LogP contribution in [0.2, 0.25) is 0 Å². The van der Waals surface area contributed by atoms with E-state index in [4.69, 9.17) is 5.73 Å². The summed E-state index contributed by atoms with van der Waals surface area (Å²) in [5.74, 6) is 1.12. The summed E-state index contributed by atoms with van der Waals surface area (Å²) in [6, 6.07) is 12.2. The van der Waals surface area contributed by atoms with Gasteiger partial charge in [-0.25, -0.2) is 4.98 Å². The maximum Gasteiger partial charge on any atom is 0.222 e. The lowest BCUT2D eigenvalue weighted by atomic mass is 9.72. The molecule has 2 aromatic rings. The number of allylic oxidation sites excluding steroid dienone is 3. The molecule has 142 valence electrons. The molecule has 0 unspecified atom stereocenters. The maximum atomic E-state index is 6.02. The van der Waals surface area contributed by atoms with Crippen LogP contribution in [0.15, 0.2) is 53.6 Å². The van der Waals surface area contributed by atoms with E-state index in [0.29, 0.717) is 5.95 Å². The van der Waals surface area contributed by atoms with Gasteiger partial charge in [-0.05, 0) is 62.3 Å². The van der Waals surface area contributed by atoms with E-state index in [0.717, 1.165) is 23.7 Å². The third-order valence-corrected chi connectivity index (χ3v) is 5.37. The molecule has 0 saturated carbocycles. The molecule has 1 aromatic heterocycles. The SMILES string of the molecule is CCN(c1ccccc1)c1cc(/C=C/C2=C(C)CCCC2(C)C)nc(N)n1. The fraction of sp³-hybridized carbons (Fsp3) is 0.391. The van der Waals surface area contributed by atoms with Crippen molar-refractivity contribution in [2.45, 2.75) is 47.0 Å². The number of nitrogens with two attached hydrogens (primary N) is 1. The van der Waals surface area contributed by atoms with Crippen molar-refractivity contribution in [2.75, 3.05) is 17.2 Å². The topological polar surface area (TPSA) is 55.0 Å². The second-order valence-electron chi connectivity index (χ2n) is 7.85. The molecule has 1 heterocycles. The minimum atomic E-state index is 0.208. The van der Waals surface area contributed by atoms with Gasteiger partial charge in [0.15, 0.2) is 0 Å². The number of hydrogen-bond donors (Lipinski definition) is 1. The van der Waals surface area contributed by atoms with E-state index in [1.54, 1.807) is 0 Å². The average Bonchev–Trinajstić information content (AvgIpc) is 2.62. The zero-order chi connectivity index (χ0) is 19.4. The lowest BCUT2D eigenvalue weighted by Gasteiger charge is -2.32. The number of rotatable bonds is 5. The normalized spacial score (nSPS) is 16.7. The van der Waals surface area contributed by atoms with Crippen LogP contribution < -0.4 is 10.6 Å². The highest BCUT2D eigenvalue weighted by Gasteiger charge is 2.26. The van der Waals surface area contributed by atoms with Gasteiger partial charge in [0.2, 0.25) is 5.95 Å². The van der Waals surface area contributed by atoms with Gasteiger partial charge >= 0.3 is 0 Å². The minimum absolute atomic E-state index is 0.208. The number of anilines is 3. The van der Waals surface area contributed by atoms with Gasteiger partial charge in [-0.15, -0.1) is 0 Å². The molecule has 27 heavy (non-hydrogen) atoms. The molecule has 0 aliphatic heterocycles. The largest absolute Gasteiger partial charge is 0.368 e. The van der Waals surface area contributed by atoms with Crippen LogP contribution in [0.3, 0.4) is 0 Å². The summed E-state index contributed by atoms with van der Waals surface area (Å²) in [6.07, 6.45) is 7.96. The van der Waals surface area contributed by atoms with Gasteiger partial charge in [-0.1, -0.05) is 43.7 Å². The van der Waals surface area contributed by atoms with Gasteiger partial charge in [0, 0.05) is 18.3 Å². The summed E-state index contributed by atoms with van der Waals surface area (Å²) >= 11 is 0. The van der Waals surface area contributed by atoms with E-state index in [1.807, 2.05) is 24.3 Å². The Balaban J connectivity index is 1.94. The Morgan fingerprint density at radius 1 is 1.15 bits per heavy atom. The highest BCUT2D eigenvalue weighted by atomic mass is 15.2. The molecule has 1 aromatic carbocycles. The Bertz CT molecular complexity index is 850. The van der Waals surface area contributed by atoms with E-state index in [-0.39, 0.29) is 5.41 Å². The van der Waals surface area contributed by atoms with Crippen molar-refractivity contribution in [1.29, 1.82) is 0 Å². The molecule has 4 nitrogen and oxygen atoms in total. The van der Waals surface area contributed by atoms with Gasteiger partial charge in [0.05, 0.1) is 5.69 Å². The van der Waals surface area contributed by atoms with Crippen molar-refractivity contribution in [1.82, 2.24) is 9.97 Å². The number of aromatic nitrogens is 2. The number of nitrogens with zero attached hydrogens (tertiary/aromatic N) is 3. The van der Waals surface area contributed by atoms with Gasteiger partial charge < -0.3 is 10.6 Å². The predicted molar refractivity (Wildman–Crippen MR) is 115 cm³/mol. The van der Waals surface area contributed by atoms with E-state index >= 15 is 0 Å². The summed E-state index contributed by atoms with van der Waals surface area (Å²) in [5.41, 5.74) is 11.1. The average molecular weight is 363 g/mol. The van der Waals surface area contributed by atoms with Crippen LogP contribution >= 0.6 is 0 Å². The zero-order valence-electron chi connectivity index (χ0n) is 16.9. The van der Waals surface area contributed by atoms with Crippen LogP contribution in [0.25, 0.3) is 6.08 Å². The molecule has 1 aliphatic rings. The highest BCUT2D eigenvalue weighted by Crippen LogP contribution is 2.41. The Labute approximate surface area is 162 Å². The van der Waals surface area contributed by atoms with Crippen molar-refractivity contribution in [3.05, 3.63) is 59.3 Å². The maximum absolute atomic E-state index is 6.02. The predicted octanol–water partition coefficient (Wildman–Crippen LogP) is 5.76. The summed E-state index contributed by atoms with van der Waals surface area (Å²) in [6.45, 7) is 9.81. The molecule has 0 radical (unpaired) electrons. The number of para-hydroxylation sites is 1. The molecule has 0 saturated heterocycles. The first-order valence-electron chi connectivity index (χ1n) is 9.76. The van der Waals surface area contributed by atoms with Crippen molar-refractivity contribution in [3.8, 4) is 0 Å². The van der Waals surface area contributed by atoms with Crippen LogP contribution in [0.1, 0.15) is 52.7 Å². The number of hydrogen-bond acceptors (Lipinski definition) is 4. The van der Waals surface area contributed by atoms with Crippen LogP contribution in [0.4, 0.5) is 17.5 Å². The van der Waals surface area contributed by atoms with Crippen molar-refractivity contribution in [2.24, 2.45) is 5.41 Å². The first-order chi connectivity index (χ1) is 12.9. The molecule has 0 amide bonds. The molecule has 4 heteroatoms. The third-order valence-electron chi connectivity index (χ3n) is 5.37. The minimum Gasteiger partial charge on any atom is -0.368 e. The van der Waals surface area contributed by atoms with E-state index < -0.39 is 0 Å².